The maximum atomic E-state index is 14.7. The van der Waals surface area contributed by atoms with Crippen LogP contribution in [-0.2, 0) is 49.3 Å². The standard InChI is InChI=1S/C39H47NO10/c1-7-45-34(41)25-40(36(43)39(37(44)46-8-2)47-26-33(49-39)35(42)50-38(4,5)6)27(3)32(24-19-28-15-11-9-12-16-28)29-20-22-31(23-21-29)48-30-17-13-10-14-18-30/h9-18,20-23,27,32-33H,7-8,19,24-26H2,1-6H3/t27-,32+,33+,39+/m1/s1. The van der Waals surface area contributed by atoms with Gasteiger partial charge in [-0.1, -0.05) is 60.7 Å². The highest BCUT2D eigenvalue weighted by atomic mass is 16.8. The second kappa shape index (κ2) is 17.3. The molecule has 1 heterocycles. The Morgan fingerprint density at radius 1 is 0.860 bits per heavy atom. The van der Waals surface area contributed by atoms with Crippen LogP contribution in [0.15, 0.2) is 84.9 Å². The first kappa shape index (κ1) is 38.1. The zero-order valence-electron chi connectivity index (χ0n) is 29.6. The molecule has 0 bridgehead atoms. The monoisotopic (exact) mass is 689 g/mol. The molecule has 3 aromatic rings. The number of rotatable bonds is 15. The summed E-state index contributed by atoms with van der Waals surface area (Å²) in [5.74, 6) is -5.34. The lowest BCUT2D eigenvalue weighted by Gasteiger charge is -2.38. The van der Waals surface area contributed by atoms with Crippen LogP contribution in [0, 0.1) is 0 Å². The first-order valence-corrected chi connectivity index (χ1v) is 16.9. The predicted molar refractivity (Wildman–Crippen MR) is 184 cm³/mol. The molecule has 0 N–H and O–H groups in total. The van der Waals surface area contributed by atoms with Crippen LogP contribution in [0.25, 0.3) is 0 Å². The third kappa shape index (κ3) is 9.92. The average Bonchev–Trinajstić information content (AvgIpc) is 3.55. The van der Waals surface area contributed by atoms with E-state index in [1.54, 1.807) is 41.5 Å². The van der Waals surface area contributed by atoms with Gasteiger partial charge in [0.15, 0.2) is 6.10 Å². The summed E-state index contributed by atoms with van der Waals surface area (Å²) >= 11 is 0. The molecular formula is C39H47NO10. The summed E-state index contributed by atoms with van der Waals surface area (Å²) in [4.78, 5) is 55.5. The number of benzene rings is 3. The number of carbonyl (C=O) groups excluding carboxylic acids is 4. The summed E-state index contributed by atoms with van der Waals surface area (Å²) in [6.07, 6.45) is -0.185. The molecule has 3 aromatic carbocycles. The molecule has 0 saturated carbocycles. The van der Waals surface area contributed by atoms with Gasteiger partial charge in [-0.25, -0.2) is 9.59 Å². The van der Waals surface area contributed by atoms with Crippen molar-refractivity contribution in [3.8, 4) is 11.5 Å². The summed E-state index contributed by atoms with van der Waals surface area (Å²) in [5.41, 5.74) is 1.08. The molecule has 1 aliphatic heterocycles. The summed E-state index contributed by atoms with van der Waals surface area (Å²) in [7, 11) is 0. The lowest BCUT2D eigenvalue weighted by Crippen LogP contribution is -2.60. The number of ether oxygens (including phenoxy) is 6. The van der Waals surface area contributed by atoms with Gasteiger partial charge >= 0.3 is 23.7 Å². The second-order valence-electron chi connectivity index (χ2n) is 12.9. The number of nitrogens with zero attached hydrogens (tertiary/aromatic N) is 1. The van der Waals surface area contributed by atoms with Crippen molar-refractivity contribution in [3.05, 3.63) is 96.1 Å². The highest BCUT2D eigenvalue weighted by Crippen LogP contribution is 2.35. The molecule has 50 heavy (non-hydrogen) atoms. The average molecular weight is 690 g/mol. The third-order valence-corrected chi connectivity index (χ3v) is 8.06. The number of carbonyl (C=O) groups is 4. The van der Waals surface area contributed by atoms with Crippen molar-refractivity contribution in [1.29, 1.82) is 0 Å². The molecule has 0 aromatic heterocycles. The highest BCUT2D eigenvalue weighted by molar-refractivity contribution is 6.06. The van der Waals surface area contributed by atoms with E-state index in [9.17, 15) is 19.2 Å². The van der Waals surface area contributed by atoms with Crippen LogP contribution >= 0.6 is 0 Å². The maximum absolute atomic E-state index is 14.7. The van der Waals surface area contributed by atoms with E-state index >= 15 is 0 Å². The zero-order valence-corrected chi connectivity index (χ0v) is 29.6. The van der Waals surface area contributed by atoms with Crippen LogP contribution in [0.3, 0.4) is 0 Å². The van der Waals surface area contributed by atoms with E-state index < -0.39 is 60.5 Å². The molecule has 4 atom stereocenters. The van der Waals surface area contributed by atoms with E-state index in [0.29, 0.717) is 24.3 Å². The van der Waals surface area contributed by atoms with E-state index in [4.69, 9.17) is 28.4 Å². The molecule has 0 aliphatic carbocycles. The fourth-order valence-corrected chi connectivity index (χ4v) is 5.69. The van der Waals surface area contributed by atoms with E-state index in [2.05, 4.69) is 0 Å². The van der Waals surface area contributed by atoms with Crippen molar-refractivity contribution in [2.75, 3.05) is 26.4 Å². The van der Waals surface area contributed by atoms with Crippen LogP contribution in [-0.4, -0.2) is 78.6 Å². The lowest BCUT2D eigenvalue weighted by atomic mass is 9.85. The van der Waals surface area contributed by atoms with E-state index in [0.717, 1.165) is 11.1 Å². The largest absolute Gasteiger partial charge is 0.465 e. The minimum absolute atomic E-state index is 0.0757. The van der Waals surface area contributed by atoms with Gasteiger partial charge in [0.25, 0.3) is 5.91 Å². The number of aryl methyl sites for hydroxylation is 1. The van der Waals surface area contributed by atoms with Gasteiger partial charge in [0.2, 0.25) is 0 Å². The normalized spacial score (nSPS) is 18.4. The van der Waals surface area contributed by atoms with Gasteiger partial charge < -0.3 is 33.3 Å². The molecule has 1 fully saturated rings. The summed E-state index contributed by atoms with van der Waals surface area (Å²) < 4.78 is 33.6. The summed E-state index contributed by atoms with van der Waals surface area (Å²) in [6.45, 7) is 9.09. The van der Waals surface area contributed by atoms with Crippen molar-refractivity contribution in [3.63, 3.8) is 0 Å². The first-order chi connectivity index (χ1) is 23.9. The topological polar surface area (TPSA) is 127 Å². The van der Waals surface area contributed by atoms with Crippen LogP contribution < -0.4 is 4.74 Å². The van der Waals surface area contributed by atoms with Gasteiger partial charge in [0.05, 0.1) is 19.8 Å². The lowest BCUT2D eigenvalue weighted by molar-refractivity contribution is -0.220. The molecule has 4 rings (SSSR count). The van der Waals surface area contributed by atoms with E-state index in [1.165, 1.54) is 4.90 Å². The van der Waals surface area contributed by atoms with Crippen LogP contribution in [0.2, 0.25) is 0 Å². The van der Waals surface area contributed by atoms with Gasteiger partial charge in [-0.2, -0.15) is 0 Å². The second-order valence-corrected chi connectivity index (χ2v) is 12.9. The minimum atomic E-state index is -2.66. The third-order valence-electron chi connectivity index (χ3n) is 8.06. The Bertz CT molecular complexity index is 1570. The minimum Gasteiger partial charge on any atom is -0.465 e. The molecule has 0 spiro atoms. The zero-order chi connectivity index (χ0) is 36.3. The Kier molecular flexibility index (Phi) is 13.1. The quantitative estimate of drug-likeness (QED) is 0.107. The Morgan fingerprint density at radius 3 is 2.06 bits per heavy atom. The molecule has 1 amide bonds. The number of hydrogen-bond acceptors (Lipinski definition) is 10. The molecule has 11 nitrogen and oxygen atoms in total. The first-order valence-electron chi connectivity index (χ1n) is 16.9. The smallest absolute Gasteiger partial charge is 0.377 e. The molecule has 268 valence electrons. The van der Waals surface area contributed by atoms with E-state index in [1.807, 2.05) is 84.9 Å². The van der Waals surface area contributed by atoms with Gasteiger partial charge in [-0.15, -0.1) is 0 Å². The molecule has 0 radical (unpaired) electrons. The van der Waals surface area contributed by atoms with E-state index in [-0.39, 0.29) is 19.1 Å². The fourth-order valence-electron chi connectivity index (χ4n) is 5.69. The Hall–Kier alpha value is -4.74. The van der Waals surface area contributed by atoms with Crippen molar-refractivity contribution in [2.24, 2.45) is 0 Å². The molecule has 11 heteroatoms. The van der Waals surface area contributed by atoms with Crippen LogP contribution in [0.1, 0.15) is 65.0 Å². The number of para-hydroxylation sites is 1. The fraction of sp³-hybridized carbons (Fsp3) is 0.436. The van der Waals surface area contributed by atoms with Crippen molar-refractivity contribution in [2.45, 2.75) is 83.8 Å². The molecule has 1 aliphatic rings. The van der Waals surface area contributed by atoms with Crippen molar-refractivity contribution in [1.82, 2.24) is 4.90 Å². The maximum Gasteiger partial charge on any atom is 0.377 e. The van der Waals surface area contributed by atoms with Gasteiger partial charge in [0, 0.05) is 12.0 Å². The number of esters is 3. The number of amides is 1. The van der Waals surface area contributed by atoms with Gasteiger partial charge in [-0.05, 0) is 89.8 Å². The predicted octanol–water partition coefficient (Wildman–Crippen LogP) is 5.99. The molecule has 1 saturated heterocycles. The highest BCUT2D eigenvalue weighted by Gasteiger charge is 2.61. The Balaban J connectivity index is 1.72. The summed E-state index contributed by atoms with van der Waals surface area (Å²) in [6, 6.07) is 26.1. The summed E-state index contributed by atoms with van der Waals surface area (Å²) in [5, 5.41) is 0. The Morgan fingerprint density at radius 2 is 1.46 bits per heavy atom. The SMILES string of the molecule is CCOC(=O)CN(C(=O)[C@]1(C(=O)OCC)OC[C@@H](C(=O)OC(C)(C)C)O1)[C@H](C)[C@H](CCc1ccccc1)c1ccc(Oc2ccccc2)cc1. The van der Waals surface area contributed by atoms with Crippen LogP contribution in [0.4, 0.5) is 0 Å². The van der Waals surface area contributed by atoms with Crippen LogP contribution in [0.5, 0.6) is 11.5 Å². The van der Waals surface area contributed by atoms with Crippen molar-refractivity contribution < 1.29 is 47.6 Å². The Labute approximate surface area is 293 Å². The molecular weight excluding hydrogens is 642 g/mol. The molecule has 0 unspecified atom stereocenters. The number of hydrogen-bond donors (Lipinski definition) is 0. The van der Waals surface area contributed by atoms with Gasteiger partial charge in [0.1, 0.15) is 23.6 Å². The van der Waals surface area contributed by atoms with Gasteiger partial charge in [-0.3, -0.25) is 9.59 Å². The van der Waals surface area contributed by atoms with Crippen molar-refractivity contribution >= 4 is 23.8 Å².